The van der Waals surface area contributed by atoms with E-state index in [1.807, 2.05) is 0 Å². The van der Waals surface area contributed by atoms with E-state index >= 15 is 0 Å². The van der Waals surface area contributed by atoms with Crippen LogP contribution in [0.4, 0.5) is 4.79 Å². The Morgan fingerprint density at radius 3 is 2.32 bits per heavy atom. The van der Waals surface area contributed by atoms with Gasteiger partial charge in [0.2, 0.25) is 0 Å². The van der Waals surface area contributed by atoms with Crippen LogP contribution >= 0.6 is 0 Å². The lowest BCUT2D eigenvalue weighted by molar-refractivity contribution is 0.150. The van der Waals surface area contributed by atoms with Crippen molar-refractivity contribution in [2.75, 3.05) is 13.2 Å². The number of amides is 1. The summed E-state index contributed by atoms with van der Waals surface area (Å²) in [5.41, 5.74) is 0. The predicted octanol–water partition coefficient (Wildman–Crippen LogP) is 1.89. The van der Waals surface area contributed by atoms with Crippen molar-refractivity contribution in [3.8, 4) is 0 Å². The van der Waals surface area contributed by atoms with E-state index in [4.69, 9.17) is 4.74 Å². The van der Waals surface area contributed by atoms with Gasteiger partial charge in [0.15, 0.2) is 9.84 Å². The SMILES string of the molecule is CC(C)[C@@H](N1CCOC1=O)S(=O)(=O)c1ccccc1. The third kappa shape index (κ3) is 2.58. The Morgan fingerprint density at radius 2 is 1.84 bits per heavy atom. The highest BCUT2D eigenvalue weighted by molar-refractivity contribution is 7.92. The summed E-state index contributed by atoms with van der Waals surface area (Å²) in [5, 5.41) is -0.884. The maximum Gasteiger partial charge on any atom is 0.411 e. The zero-order chi connectivity index (χ0) is 14.0. The second-order valence-corrected chi connectivity index (χ2v) is 6.84. The normalized spacial score (nSPS) is 17.6. The van der Waals surface area contributed by atoms with Crippen molar-refractivity contribution in [2.24, 2.45) is 5.92 Å². The first kappa shape index (κ1) is 13.9. The van der Waals surface area contributed by atoms with E-state index < -0.39 is 21.3 Å². The molecule has 6 heteroatoms. The lowest BCUT2D eigenvalue weighted by atomic mass is 10.2. The lowest BCUT2D eigenvalue weighted by Crippen LogP contribution is -2.45. The molecule has 0 N–H and O–H groups in total. The van der Waals surface area contributed by atoms with Crippen LogP contribution in [0.5, 0.6) is 0 Å². The molecule has 0 saturated carbocycles. The second kappa shape index (κ2) is 5.21. The van der Waals surface area contributed by atoms with Crippen molar-refractivity contribution in [3.63, 3.8) is 0 Å². The van der Waals surface area contributed by atoms with Crippen molar-refractivity contribution >= 4 is 15.9 Å². The summed E-state index contributed by atoms with van der Waals surface area (Å²) in [4.78, 5) is 13.2. The minimum atomic E-state index is -3.59. The number of hydrogen-bond donors (Lipinski definition) is 0. The van der Waals surface area contributed by atoms with Crippen molar-refractivity contribution < 1.29 is 17.9 Å². The Labute approximate surface area is 113 Å². The molecule has 0 spiro atoms. The van der Waals surface area contributed by atoms with Crippen LogP contribution in [-0.4, -0.2) is 37.9 Å². The fourth-order valence-corrected chi connectivity index (χ4v) is 4.33. The predicted molar refractivity (Wildman–Crippen MR) is 70.3 cm³/mol. The molecule has 5 nitrogen and oxygen atoms in total. The second-order valence-electron chi connectivity index (χ2n) is 4.80. The monoisotopic (exact) mass is 283 g/mol. The average molecular weight is 283 g/mol. The van der Waals surface area contributed by atoms with Crippen LogP contribution < -0.4 is 0 Å². The first-order valence-electron chi connectivity index (χ1n) is 6.17. The van der Waals surface area contributed by atoms with Gasteiger partial charge in [0.1, 0.15) is 12.0 Å². The molecule has 104 valence electrons. The minimum absolute atomic E-state index is 0.212. The summed E-state index contributed by atoms with van der Waals surface area (Å²) in [7, 11) is -3.59. The van der Waals surface area contributed by atoms with Crippen LogP contribution in [0.3, 0.4) is 0 Å². The van der Waals surface area contributed by atoms with E-state index in [9.17, 15) is 13.2 Å². The van der Waals surface area contributed by atoms with Gasteiger partial charge in [0.05, 0.1) is 11.4 Å². The van der Waals surface area contributed by atoms with Gasteiger partial charge in [-0.25, -0.2) is 13.2 Å². The van der Waals surface area contributed by atoms with Gasteiger partial charge in [-0.15, -0.1) is 0 Å². The fraction of sp³-hybridized carbons (Fsp3) is 0.462. The number of hydrogen-bond acceptors (Lipinski definition) is 4. The smallest absolute Gasteiger partial charge is 0.411 e. The fourth-order valence-electron chi connectivity index (χ4n) is 2.27. The minimum Gasteiger partial charge on any atom is -0.447 e. The summed E-state index contributed by atoms with van der Waals surface area (Å²) in [6, 6.07) is 8.20. The van der Waals surface area contributed by atoms with Crippen LogP contribution in [0, 0.1) is 5.92 Å². The Kier molecular flexibility index (Phi) is 3.80. The molecule has 1 aliphatic rings. The van der Waals surface area contributed by atoms with Crippen LogP contribution in [0.25, 0.3) is 0 Å². The largest absolute Gasteiger partial charge is 0.447 e. The molecule has 1 fully saturated rings. The molecule has 1 aromatic carbocycles. The number of rotatable bonds is 4. The number of sulfone groups is 1. The van der Waals surface area contributed by atoms with E-state index in [0.29, 0.717) is 6.54 Å². The Bertz CT molecular complexity index is 553. The van der Waals surface area contributed by atoms with Crippen molar-refractivity contribution in [1.29, 1.82) is 0 Å². The van der Waals surface area contributed by atoms with E-state index in [-0.39, 0.29) is 17.4 Å². The molecule has 0 aromatic heterocycles. The number of carbonyl (C=O) groups excluding carboxylic acids is 1. The number of cyclic esters (lactones) is 1. The molecular weight excluding hydrogens is 266 g/mol. The summed E-state index contributed by atoms with van der Waals surface area (Å²) < 4.78 is 30.2. The van der Waals surface area contributed by atoms with Gasteiger partial charge in [0, 0.05) is 0 Å². The standard InChI is InChI=1S/C13H17NO4S/c1-10(2)12(14-8-9-18-13(14)15)19(16,17)11-6-4-3-5-7-11/h3-7,10,12H,8-9H2,1-2H3/t12-/m0/s1. The van der Waals surface area contributed by atoms with Gasteiger partial charge >= 0.3 is 6.09 Å². The Hall–Kier alpha value is -1.56. The molecule has 0 radical (unpaired) electrons. The number of carbonyl (C=O) groups is 1. The maximum absolute atomic E-state index is 12.7. The summed E-state index contributed by atoms with van der Waals surface area (Å²) in [5.74, 6) is -0.212. The van der Waals surface area contributed by atoms with Crippen molar-refractivity contribution in [2.45, 2.75) is 24.1 Å². The molecule has 0 bridgehead atoms. The Balaban J connectivity index is 2.42. The van der Waals surface area contributed by atoms with Gasteiger partial charge in [-0.3, -0.25) is 4.90 Å². The molecule has 0 unspecified atom stereocenters. The summed E-state index contributed by atoms with van der Waals surface area (Å²) in [6.45, 7) is 4.13. The van der Waals surface area contributed by atoms with Crippen LogP contribution in [0.1, 0.15) is 13.8 Å². The zero-order valence-corrected chi connectivity index (χ0v) is 11.8. The Morgan fingerprint density at radius 1 is 1.21 bits per heavy atom. The quantitative estimate of drug-likeness (QED) is 0.846. The van der Waals surface area contributed by atoms with Gasteiger partial charge in [-0.05, 0) is 18.1 Å². The molecule has 1 heterocycles. The zero-order valence-electron chi connectivity index (χ0n) is 10.9. The third-order valence-electron chi connectivity index (χ3n) is 3.06. The highest BCUT2D eigenvalue weighted by Gasteiger charge is 2.40. The van der Waals surface area contributed by atoms with E-state index in [0.717, 1.165) is 0 Å². The first-order chi connectivity index (χ1) is 8.94. The van der Waals surface area contributed by atoms with Crippen LogP contribution in [0.2, 0.25) is 0 Å². The van der Waals surface area contributed by atoms with E-state index in [1.165, 1.54) is 4.90 Å². The number of ether oxygens (including phenoxy) is 1. The lowest BCUT2D eigenvalue weighted by Gasteiger charge is -2.28. The molecule has 1 atom stereocenters. The van der Waals surface area contributed by atoms with Crippen molar-refractivity contribution in [1.82, 2.24) is 4.90 Å². The topological polar surface area (TPSA) is 63.7 Å². The van der Waals surface area contributed by atoms with Gasteiger partial charge in [0.25, 0.3) is 0 Å². The molecule has 1 amide bonds. The number of nitrogens with zero attached hydrogens (tertiary/aromatic N) is 1. The van der Waals surface area contributed by atoms with Crippen LogP contribution in [0.15, 0.2) is 35.2 Å². The molecule has 0 aliphatic carbocycles. The average Bonchev–Trinajstić information content (AvgIpc) is 2.76. The summed E-state index contributed by atoms with van der Waals surface area (Å²) in [6.07, 6.45) is -0.557. The maximum atomic E-state index is 12.7. The molecule has 1 aliphatic heterocycles. The first-order valence-corrected chi connectivity index (χ1v) is 7.71. The van der Waals surface area contributed by atoms with Crippen LogP contribution in [-0.2, 0) is 14.6 Å². The highest BCUT2D eigenvalue weighted by Crippen LogP contribution is 2.26. The van der Waals surface area contributed by atoms with Gasteiger partial charge in [-0.1, -0.05) is 32.0 Å². The van der Waals surface area contributed by atoms with E-state index in [2.05, 4.69) is 0 Å². The molecular formula is C13H17NO4S. The summed E-state index contributed by atoms with van der Waals surface area (Å²) >= 11 is 0. The third-order valence-corrected chi connectivity index (χ3v) is 5.42. The molecule has 1 aromatic rings. The van der Waals surface area contributed by atoms with Gasteiger partial charge in [-0.2, -0.15) is 0 Å². The molecule has 1 saturated heterocycles. The van der Waals surface area contributed by atoms with Crippen molar-refractivity contribution in [3.05, 3.63) is 30.3 Å². The highest BCUT2D eigenvalue weighted by atomic mass is 32.2. The van der Waals surface area contributed by atoms with E-state index in [1.54, 1.807) is 44.2 Å². The molecule has 2 rings (SSSR count). The molecule has 19 heavy (non-hydrogen) atoms. The van der Waals surface area contributed by atoms with Gasteiger partial charge < -0.3 is 4.74 Å². The number of benzene rings is 1.